The first-order valence-electron chi connectivity index (χ1n) is 15.2. The lowest BCUT2D eigenvalue weighted by molar-refractivity contribution is -0.786. The van der Waals surface area contributed by atoms with Gasteiger partial charge in [0.25, 0.3) is 0 Å². The van der Waals surface area contributed by atoms with Crippen molar-refractivity contribution in [1.82, 2.24) is 5.32 Å². The third-order valence-corrected chi connectivity index (χ3v) is 8.46. The van der Waals surface area contributed by atoms with Crippen LogP contribution >= 0.6 is 0 Å². The summed E-state index contributed by atoms with van der Waals surface area (Å²) >= 11 is 0. The van der Waals surface area contributed by atoms with E-state index in [-0.39, 0.29) is 12.4 Å². The number of hydrogen-bond donors (Lipinski definition) is 4. The molecule has 9 nitrogen and oxygen atoms in total. The molecule has 3 amide bonds. The summed E-state index contributed by atoms with van der Waals surface area (Å²) in [6.45, 7) is 13.1. The van der Waals surface area contributed by atoms with Crippen LogP contribution in [0.1, 0.15) is 106 Å². The molecule has 1 fully saturated rings. The molecule has 0 saturated carbocycles. The Morgan fingerprint density at radius 1 is 0.950 bits per heavy atom. The van der Waals surface area contributed by atoms with E-state index in [0.717, 1.165) is 24.7 Å². The van der Waals surface area contributed by atoms with Gasteiger partial charge in [-0.2, -0.15) is 9.18 Å². The molecule has 40 heavy (non-hydrogen) atoms. The lowest BCUT2D eigenvalue weighted by Gasteiger charge is -2.34. The fraction of sp³-hybridized carbons (Fsp3) is 0.833. The number of amides is 3. The molecule has 230 valence electrons. The molecule has 0 aliphatic carbocycles. The number of nitrogens with one attached hydrogen (secondary N) is 1. The number of aliphatic imine (C=N–C) groups is 1. The summed E-state index contributed by atoms with van der Waals surface area (Å²) in [6, 6.07) is -1.12. The van der Waals surface area contributed by atoms with Crippen molar-refractivity contribution in [2.45, 2.75) is 130 Å². The molecule has 0 aromatic rings. The Balaban J connectivity index is 1.77. The molecule has 1 saturated heterocycles. The minimum atomic E-state index is -1.74. The Morgan fingerprint density at radius 3 is 1.90 bits per heavy atom. The topological polar surface area (TPSA) is 128 Å². The monoisotopic (exact) mass is 570 g/mol. The average Bonchev–Trinajstić information content (AvgIpc) is 3.12. The predicted molar refractivity (Wildman–Crippen MR) is 153 cm³/mol. The highest BCUT2D eigenvalue weighted by molar-refractivity contribution is 6.07. The van der Waals surface area contributed by atoms with Crippen molar-refractivity contribution in [2.24, 2.45) is 28.7 Å². The number of carboxylic acid groups (broad SMARTS) is 1. The summed E-state index contributed by atoms with van der Waals surface area (Å²) in [6.07, 6.45) is 5.03. The number of carbonyl (C=O) groups excluding carboxylic acids is 1. The highest BCUT2D eigenvalue weighted by Gasteiger charge is 2.63. The van der Waals surface area contributed by atoms with Crippen molar-refractivity contribution in [3.8, 4) is 0 Å². The van der Waals surface area contributed by atoms with Gasteiger partial charge in [0.1, 0.15) is 6.10 Å². The van der Waals surface area contributed by atoms with E-state index in [1.807, 2.05) is 0 Å². The van der Waals surface area contributed by atoms with Crippen molar-refractivity contribution in [1.29, 1.82) is 0 Å². The van der Waals surface area contributed by atoms with Crippen molar-refractivity contribution in [2.75, 3.05) is 6.54 Å². The van der Waals surface area contributed by atoms with Crippen molar-refractivity contribution >= 4 is 18.0 Å². The zero-order valence-corrected chi connectivity index (χ0v) is 25.3. The molecule has 2 heterocycles. The minimum absolute atomic E-state index is 0.285. The first-order chi connectivity index (χ1) is 18.8. The second-order valence-corrected chi connectivity index (χ2v) is 12.7. The fourth-order valence-electron chi connectivity index (χ4n) is 5.61. The maximum Gasteiger partial charge on any atom is 0.530 e. The van der Waals surface area contributed by atoms with Gasteiger partial charge in [0.2, 0.25) is 12.1 Å². The standard InChI is InChI=1S/C30H52FN3O6/c1-19(2)10-7-11-20(3)12-8-13-21(4)14-9-15-22(5)16-17-32-27-24(31)18-34(30(38)39,29(37)33-27)28-26(36)25(35)23(6)40-28/h18-23,25-26,28,35-36H,7-17H2,1-6H3,(H-,32,33,37,38,39)/p+1/t20?,21?,22?,23-,25-,26-,28-,34?/m1/s1. The van der Waals surface area contributed by atoms with Crippen molar-refractivity contribution < 1.29 is 38.5 Å². The van der Waals surface area contributed by atoms with Crippen LogP contribution in [0.5, 0.6) is 0 Å². The summed E-state index contributed by atoms with van der Waals surface area (Å²) in [5.41, 5.74) is 0. The van der Waals surface area contributed by atoms with E-state index < -0.39 is 47.0 Å². The molecule has 0 radical (unpaired) electrons. The molecule has 2 aliphatic heterocycles. The highest BCUT2D eigenvalue weighted by atomic mass is 19.1. The normalized spacial score (nSPS) is 30.3. The molecule has 0 aromatic carbocycles. The second-order valence-electron chi connectivity index (χ2n) is 12.7. The van der Waals surface area contributed by atoms with Crippen LogP contribution < -0.4 is 5.32 Å². The summed E-state index contributed by atoms with van der Waals surface area (Å²) in [5, 5.41) is 32.3. The number of amidine groups is 1. The first-order valence-corrected chi connectivity index (χ1v) is 15.2. The molecule has 8 atom stereocenters. The lowest BCUT2D eigenvalue weighted by Crippen LogP contribution is -2.68. The molecule has 4 unspecified atom stereocenters. The van der Waals surface area contributed by atoms with Crippen molar-refractivity contribution in [3.63, 3.8) is 0 Å². The number of quaternary nitrogens is 1. The van der Waals surface area contributed by atoms with Crippen LogP contribution in [0.3, 0.4) is 0 Å². The summed E-state index contributed by atoms with van der Waals surface area (Å²) < 4.78 is 18.6. The number of nitrogens with zero attached hydrogens (tertiary/aromatic N) is 2. The summed E-state index contributed by atoms with van der Waals surface area (Å²) in [4.78, 5) is 29.1. The van der Waals surface area contributed by atoms with Gasteiger partial charge in [-0.1, -0.05) is 96.9 Å². The summed E-state index contributed by atoms with van der Waals surface area (Å²) in [5.74, 6) is 1.32. The smallest absolute Gasteiger partial charge is 0.435 e. The number of hydrogen-bond acceptors (Lipinski definition) is 6. The average molecular weight is 571 g/mol. The molecule has 10 heteroatoms. The zero-order chi connectivity index (χ0) is 30.0. The van der Waals surface area contributed by atoms with Gasteiger partial charge < -0.3 is 20.1 Å². The Morgan fingerprint density at radius 2 is 1.45 bits per heavy atom. The van der Waals surface area contributed by atoms with Crippen molar-refractivity contribution in [3.05, 3.63) is 12.0 Å². The molecule has 4 N–H and O–H groups in total. The Kier molecular flexibility index (Phi) is 13.7. The van der Waals surface area contributed by atoms with E-state index in [1.54, 1.807) is 0 Å². The molecule has 2 rings (SSSR count). The van der Waals surface area contributed by atoms with Crippen LogP contribution in [0.15, 0.2) is 17.0 Å². The maximum atomic E-state index is 14.9. The summed E-state index contributed by atoms with van der Waals surface area (Å²) in [7, 11) is 0. The molecular weight excluding hydrogens is 517 g/mol. The quantitative estimate of drug-likeness (QED) is 0.160. The van der Waals surface area contributed by atoms with E-state index in [0.29, 0.717) is 24.5 Å². The molecule has 0 bridgehead atoms. The number of urea groups is 1. The van der Waals surface area contributed by atoms with E-state index in [2.05, 4.69) is 44.9 Å². The largest absolute Gasteiger partial charge is 0.530 e. The van der Waals surface area contributed by atoms with Crippen LogP contribution in [-0.2, 0) is 4.74 Å². The van der Waals surface area contributed by atoms with Gasteiger partial charge in [-0.05, 0) is 37.0 Å². The molecule has 0 aromatic heterocycles. The van der Waals surface area contributed by atoms with E-state index >= 15 is 0 Å². The molecule has 0 spiro atoms. The number of halogens is 1. The van der Waals surface area contributed by atoms with E-state index in [9.17, 15) is 29.3 Å². The SMILES string of the molecule is CC(C)CCCC(C)CCCC(C)CCCC(C)CCN=C1NC(=O)[N+](C(=O)O)([C@@H]2O[C@H](C)[C@@H](O)[C@H]2O)C=C1F. The van der Waals surface area contributed by atoms with Gasteiger partial charge in [0.15, 0.2) is 18.1 Å². The van der Waals surface area contributed by atoms with Crippen LogP contribution in [-0.4, -0.2) is 68.8 Å². The number of ether oxygens (including phenoxy) is 1. The van der Waals surface area contributed by atoms with Crippen LogP contribution in [0.4, 0.5) is 14.0 Å². The number of imide groups is 1. The molecular formula is C30H53FN3O6+. The van der Waals surface area contributed by atoms with E-state index in [4.69, 9.17) is 4.74 Å². The Bertz CT molecular complexity index is 897. The predicted octanol–water partition coefficient (Wildman–Crippen LogP) is 6.35. The van der Waals surface area contributed by atoms with Gasteiger partial charge in [0, 0.05) is 6.54 Å². The second kappa shape index (κ2) is 15.9. The highest BCUT2D eigenvalue weighted by Crippen LogP contribution is 2.33. The third-order valence-electron chi connectivity index (χ3n) is 8.46. The van der Waals surface area contributed by atoms with Gasteiger partial charge >= 0.3 is 12.1 Å². The minimum Gasteiger partial charge on any atom is -0.435 e. The zero-order valence-electron chi connectivity index (χ0n) is 25.3. The maximum absolute atomic E-state index is 14.9. The first kappa shape index (κ1) is 34.3. The third kappa shape index (κ3) is 9.33. The van der Waals surface area contributed by atoms with Crippen LogP contribution in [0, 0.1) is 23.7 Å². The fourth-order valence-corrected chi connectivity index (χ4v) is 5.61. The lowest BCUT2D eigenvalue weighted by atomic mass is 9.91. The Labute approximate surface area is 239 Å². The van der Waals surface area contributed by atoms with Gasteiger partial charge in [0.05, 0.1) is 6.10 Å². The van der Waals surface area contributed by atoms with Gasteiger partial charge in [-0.25, -0.2) is 4.79 Å². The molecule has 2 aliphatic rings. The van der Waals surface area contributed by atoms with Gasteiger partial charge in [-0.15, -0.1) is 0 Å². The van der Waals surface area contributed by atoms with Crippen LogP contribution in [0.25, 0.3) is 0 Å². The number of carbonyl (C=O) groups is 2. The number of aliphatic hydroxyl groups excluding tert-OH is 2. The number of rotatable bonds is 16. The number of aliphatic hydroxyl groups is 2. The van der Waals surface area contributed by atoms with Gasteiger partial charge in [-0.3, -0.25) is 10.3 Å². The van der Waals surface area contributed by atoms with E-state index in [1.165, 1.54) is 51.9 Å². The Hall–Kier alpha value is -1.88. The van der Waals surface area contributed by atoms with Crippen LogP contribution in [0.2, 0.25) is 0 Å².